The summed E-state index contributed by atoms with van der Waals surface area (Å²) in [6.45, 7) is 2.42. The number of imidazole rings is 1. The fourth-order valence-corrected chi connectivity index (χ4v) is 3.21. The van der Waals surface area contributed by atoms with Gasteiger partial charge in [-0.05, 0) is 43.3 Å². The molecule has 0 fully saturated rings. The lowest BCUT2D eigenvalue weighted by atomic mass is 10.2. The first-order valence-corrected chi connectivity index (χ1v) is 9.22. The van der Waals surface area contributed by atoms with E-state index < -0.39 is 11.6 Å². The van der Waals surface area contributed by atoms with Gasteiger partial charge in [0.2, 0.25) is 0 Å². The van der Waals surface area contributed by atoms with Gasteiger partial charge in [0.1, 0.15) is 17.0 Å². The van der Waals surface area contributed by atoms with Gasteiger partial charge in [0.15, 0.2) is 17.2 Å². The molecule has 9 nitrogen and oxygen atoms in total. The lowest BCUT2D eigenvalue weighted by molar-refractivity contribution is 0.0997. The Labute approximate surface area is 171 Å². The SMILES string of the molecule is CCOc1ccc(-n2c(=O)[nH]c3c(C(N)=O)nc(-c4ccccc4OC)nc32)cc1. The maximum Gasteiger partial charge on any atom is 0.332 e. The molecule has 4 aromatic rings. The molecule has 2 aromatic heterocycles. The molecule has 3 N–H and O–H groups in total. The maximum atomic E-state index is 12.7. The number of rotatable bonds is 6. The highest BCUT2D eigenvalue weighted by Crippen LogP contribution is 2.29. The number of nitrogens with zero attached hydrogens (tertiary/aromatic N) is 3. The van der Waals surface area contributed by atoms with Crippen LogP contribution in [0.15, 0.2) is 53.3 Å². The third kappa shape index (κ3) is 3.26. The standard InChI is InChI=1S/C21H19N5O4/c1-3-30-13-10-8-12(9-11-13)26-20-17(24-21(26)28)16(18(22)27)23-19(25-20)14-6-4-5-7-15(14)29-2/h4-11H,3H2,1-2H3,(H2,22,27)(H,24,28). The normalized spacial score (nSPS) is 10.9. The third-order valence-corrected chi connectivity index (χ3v) is 4.52. The van der Waals surface area contributed by atoms with Crippen molar-refractivity contribution in [2.24, 2.45) is 5.73 Å². The topological polar surface area (TPSA) is 125 Å². The summed E-state index contributed by atoms with van der Waals surface area (Å²) in [5, 5.41) is 0. The van der Waals surface area contributed by atoms with Gasteiger partial charge in [-0.15, -0.1) is 0 Å². The second-order valence-corrected chi connectivity index (χ2v) is 6.35. The van der Waals surface area contributed by atoms with E-state index in [0.29, 0.717) is 29.4 Å². The van der Waals surface area contributed by atoms with Crippen molar-refractivity contribution in [2.45, 2.75) is 6.92 Å². The number of fused-ring (bicyclic) bond motifs is 1. The minimum atomic E-state index is -0.779. The molecular formula is C21H19N5O4. The van der Waals surface area contributed by atoms with E-state index in [9.17, 15) is 9.59 Å². The van der Waals surface area contributed by atoms with Crippen molar-refractivity contribution in [3.63, 3.8) is 0 Å². The lowest BCUT2D eigenvalue weighted by Crippen LogP contribution is -2.15. The first-order chi connectivity index (χ1) is 14.5. The smallest absolute Gasteiger partial charge is 0.332 e. The molecule has 0 aliphatic carbocycles. The van der Waals surface area contributed by atoms with Crippen LogP contribution in [0.2, 0.25) is 0 Å². The van der Waals surface area contributed by atoms with Gasteiger partial charge >= 0.3 is 5.69 Å². The van der Waals surface area contributed by atoms with Crippen LogP contribution in [0, 0.1) is 0 Å². The minimum absolute atomic E-state index is 0.0808. The van der Waals surface area contributed by atoms with E-state index in [4.69, 9.17) is 15.2 Å². The maximum absolute atomic E-state index is 12.7. The molecule has 30 heavy (non-hydrogen) atoms. The van der Waals surface area contributed by atoms with E-state index >= 15 is 0 Å². The Hall–Kier alpha value is -4.14. The largest absolute Gasteiger partial charge is 0.496 e. The summed E-state index contributed by atoms with van der Waals surface area (Å²) in [6, 6.07) is 14.1. The number of primary amides is 1. The van der Waals surface area contributed by atoms with Crippen LogP contribution in [0.3, 0.4) is 0 Å². The summed E-state index contributed by atoms with van der Waals surface area (Å²) in [7, 11) is 1.53. The Morgan fingerprint density at radius 2 is 1.87 bits per heavy atom. The van der Waals surface area contributed by atoms with Gasteiger partial charge in [0, 0.05) is 0 Å². The molecule has 1 amide bonds. The highest BCUT2D eigenvalue weighted by atomic mass is 16.5. The second-order valence-electron chi connectivity index (χ2n) is 6.35. The number of carbonyl (C=O) groups is 1. The van der Waals surface area contributed by atoms with Crippen LogP contribution < -0.4 is 20.9 Å². The molecule has 4 rings (SSSR count). The first kappa shape index (κ1) is 19.2. The highest BCUT2D eigenvalue weighted by Gasteiger charge is 2.21. The zero-order valence-corrected chi connectivity index (χ0v) is 16.4. The van der Waals surface area contributed by atoms with E-state index in [1.165, 1.54) is 11.7 Å². The van der Waals surface area contributed by atoms with Crippen LogP contribution in [0.5, 0.6) is 11.5 Å². The van der Waals surface area contributed by atoms with Crippen LogP contribution >= 0.6 is 0 Å². The predicted octanol–water partition coefficient (Wildman–Crippen LogP) is 2.28. The van der Waals surface area contributed by atoms with Crippen LogP contribution in [-0.2, 0) is 0 Å². The average molecular weight is 405 g/mol. The number of para-hydroxylation sites is 1. The number of methoxy groups -OCH3 is 1. The molecule has 0 saturated heterocycles. The number of amides is 1. The zero-order valence-electron chi connectivity index (χ0n) is 16.4. The summed E-state index contributed by atoms with van der Waals surface area (Å²) < 4.78 is 12.2. The Kier molecular flexibility index (Phi) is 4.93. The molecule has 152 valence electrons. The molecule has 0 unspecified atom stereocenters. The van der Waals surface area contributed by atoms with Gasteiger partial charge < -0.3 is 20.2 Å². The van der Waals surface area contributed by atoms with E-state index in [-0.39, 0.29) is 22.7 Å². The molecule has 0 atom stereocenters. The number of H-pyrrole nitrogens is 1. The molecule has 2 aromatic carbocycles. The average Bonchev–Trinajstić information content (AvgIpc) is 3.09. The number of nitrogens with two attached hydrogens (primary N) is 1. The number of ether oxygens (including phenoxy) is 2. The Balaban J connectivity index is 1.98. The summed E-state index contributed by atoms with van der Waals surface area (Å²) >= 11 is 0. The van der Waals surface area contributed by atoms with Crippen LogP contribution in [0.4, 0.5) is 0 Å². The van der Waals surface area contributed by atoms with Crippen molar-refractivity contribution >= 4 is 17.1 Å². The first-order valence-electron chi connectivity index (χ1n) is 9.22. The summed E-state index contributed by atoms with van der Waals surface area (Å²) in [6.07, 6.45) is 0. The number of nitrogens with one attached hydrogen (secondary N) is 1. The predicted molar refractivity (Wildman–Crippen MR) is 111 cm³/mol. The number of hydrogen-bond acceptors (Lipinski definition) is 6. The molecule has 0 bridgehead atoms. The quantitative estimate of drug-likeness (QED) is 0.507. The van der Waals surface area contributed by atoms with Gasteiger partial charge in [-0.25, -0.2) is 19.3 Å². The van der Waals surface area contributed by atoms with E-state index in [0.717, 1.165) is 0 Å². The van der Waals surface area contributed by atoms with Crippen molar-refractivity contribution < 1.29 is 14.3 Å². The Morgan fingerprint density at radius 3 is 2.53 bits per heavy atom. The third-order valence-electron chi connectivity index (χ3n) is 4.52. The molecule has 0 aliphatic rings. The van der Waals surface area contributed by atoms with Crippen molar-refractivity contribution in [3.05, 3.63) is 64.7 Å². The van der Waals surface area contributed by atoms with Gasteiger partial charge in [0.25, 0.3) is 5.91 Å². The fraction of sp³-hybridized carbons (Fsp3) is 0.143. The monoisotopic (exact) mass is 405 g/mol. The van der Waals surface area contributed by atoms with E-state index in [1.807, 2.05) is 13.0 Å². The van der Waals surface area contributed by atoms with Crippen molar-refractivity contribution in [3.8, 4) is 28.6 Å². The van der Waals surface area contributed by atoms with Crippen LogP contribution in [-0.4, -0.2) is 39.1 Å². The van der Waals surface area contributed by atoms with Gasteiger partial charge in [-0.3, -0.25) is 4.79 Å². The number of hydrogen-bond donors (Lipinski definition) is 2. The summed E-state index contributed by atoms with van der Waals surface area (Å²) in [5.41, 5.74) is 6.50. The van der Waals surface area contributed by atoms with Gasteiger partial charge in [-0.1, -0.05) is 12.1 Å². The zero-order chi connectivity index (χ0) is 21.3. The molecule has 0 radical (unpaired) electrons. The number of benzene rings is 2. The Morgan fingerprint density at radius 1 is 1.13 bits per heavy atom. The van der Waals surface area contributed by atoms with E-state index in [1.54, 1.807) is 42.5 Å². The van der Waals surface area contributed by atoms with Crippen molar-refractivity contribution in [1.29, 1.82) is 0 Å². The molecule has 0 spiro atoms. The van der Waals surface area contributed by atoms with Gasteiger partial charge in [-0.2, -0.15) is 0 Å². The van der Waals surface area contributed by atoms with E-state index in [2.05, 4.69) is 15.0 Å². The summed E-state index contributed by atoms with van der Waals surface area (Å²) in [5.74, 6) is 0.639. The molecular weight excluding hydrogens is 386 g/mol. The number of aromatic nitrogens is 4. The fourth-order valence-electron chi connectivity index (χ4n) is 3.21. The van der Waals surface area contributed by atoms with Crippen LogP contribution in [0.25, 0.3) is 28.2 Å². The van der Waals surface area contributed by atoms with Crippen LogP contribution in [0.1, 0.15) is 17.4 Å². The van der Waals surface area contributed by atoms with Gasteiger partial charge in [0.05, 0.1) is 25.0 Å². The second kappa shape index (κ2) is 7.70. The molecule has 2 heterocycles. The molecule has 0 aliphatic heterocycles. The lowest BCUT2D eigenvalue weighted by Gasteiger charge is -2.10. The highest BCUT2D eigenvalue weighted by molar-refractivity contribution is 6.02. The number of aromatic amines is 1. The van der Waals surface area contributed by atoms with Crippen molar-refractivity contribution in [2.75, 3.05) is 13.7 Å². The van der Waals surface area contributed by atoms with Crippen molar-refractivity contribution in [1.82, 2.24) is 19.5 Å². The molecule has 0 saturated carbocycles. The summed E-state index contributed by atoms with van der Waals surface area (Å²) in [4.78, 5) is 36.3. The molecule has 9 heteroatoms. The Bertz CT molecular complexity index is 1290. The number of carbonyl (C=O) groups excluding carboxylic acids is 1. The minimum Gasteiger partial charge on any atom is -0.496 e.